The molecule has 0 aromatic rings. The highest BCUT2D eigenvalue weighted by molar-refractivity contribution is 7.54. The van der Waals surface area contributed by atoms with Crippen molar-refractivity contribution < 1.29 is 33.3 Å². The van der Waals surface area contributed by atoms with Gasteiger partial charge in [0.1, 0.15) is 20.1 Å². The van der Waals surface area contributed by atoms with E-state index in [1.807, 2.05) is 0 Å². The molecular weight excluding hydrogens is 301 g/mol. The maximum absolute atomic E-state index is 13.6. The van der Waals surface area contributed by atoms with E-state index in [9.17, 15) is 24.1 Å². The number of ether oxygens (including phenoxy) is 1. The van der Waals surface area contributed by atoms with E-state index >= 15 is 0 Å². The van der Waals surface area contributed by atoms with Gasteiger partial charge < -0.3 is 24.4 Å². The van der Waals surface area contributed by atoms with Gasteiger partial charge in [0.2, 0.25) is 0 Å². The van der Waals surface area contributed by atoms with Gasteiger partial charge in [-0.2, -0.15) is 0 Å². The summed E-state index contributed by atoms with van der Waals surface area (Å²) < 4.78 is 36.2. The first kappa shape index (κ1) is 19.1. The highest BCUT2D eigenvalue weighted by Crippen LogP contribution is 2.58. The van der Waals surface area contributed by atoms with E-state index in [-0.39, 0.29) is 12.8 Å². The average molecular weight is 326 g/mol. The van der Waals surface area contributed by atoms with Crippen molar-refractivity contribution >= 4 is 15.4 Å². The summed E-state index contributed by atoms with van der Waals surface area (Å²) in [5, 5.41) is 17.8. The van der Waals surface area contributed by atoms with Crippen molar-refractivity contribution in [3.63, 3.8) is 0 Å². The molecule has 1 unspecified atom stereocenters. The first-order valence-corrected chi connectivity index (χ1v) is 8.64. The molecule has 0 saturated carbocycles. The summed E-state index contributed by atoms with van der Waals surface area (Å²) in [6.45, 7) is 5.87. The molecule has 0 spiro atoms. The molecule has 0 aromatic carbocycles. The van der Waals surface area contributed by atoms with Gasteiger partial charge in [-0.25, -0.2) is 4.39 Å². The van der Waals surface area contributed by atoms with Crippen LogP contribution in [0.15, 0.2) is 0 Å². The zero-order valence-electron chi connectivity index (χ0n) is 13.1. The first-order valence-electron chi connectivity index (χ1n) is 7.06. The Labute approximate surface area is 125 Å². The number of hydrogen-bond donors (Lipinski definition) is 3. The lowest BCUT2D eigenvalue weighted by molar-refractivity contribution is -0.0345. The van der Waals surface area contributed by atoms with Crippen LogP contribution in [0.2, 0.25) is 0 Å². The van der Waals surface area contributed by atoms with Crippen molar-refractivity contribution in [3.05, 3.63) is 0 Å². The van der Waals surface area contributed by atoms with Crippen LogP contribution in [0.5, 0.6) is 0 Å². The second-order valence-corrected chi connectivity index (χ2v) is 8.65. The highest BCUT2D eigenvalue weighted by atomic mass is 31.2. The Morgan fingerprint density at radius 3 is 2.33 bits per heavy atom. The van der Waals surface area contributed by atoms with E-state index in [2.05, 4.69) is 0 Å². The Bertz CT molecular complexity index is 419. The van der Waals surface area contributed by atoms with Gasteiger partial charge in [-0.05, 0) is 27.2 Å². The van der Waals surface area contributed by atoms with Crippen LogP contribution in [0.25, 0.3) is 0 Å². The van der Waals surface area contributed by atoms with Crippen LogP contribution < -0.4 is 0 Å². The second kappa shape index (κ2) is 6.26. The number of rotatable bonds is 6. The maximum atomic E-state index is 13.6. The van der Waals surface area contributed by atoms with E-state index in [1.54, 1.807) is 6.92 Å². The minimum absolute atomic E-state index is 0.0310. The van der Waals surface area contributed by atoms with Crippen molar-refractivity contribution in [1.29, 1.82) is 0 Å². The van der Waals surface area contributed by atoms with Crippen molar-refractivity contribution in [2.45, 2.75) is 75.9 Å². The summed E-state index contributed by atoms with van der Waals surface area (Å²) in [7, 11) is -2.78. The largest absolute Gasteiger partial charge is 0.387 e. The molecule has 0 aromatic heterocycles. The molecule has 9 heteroatoms. The smallest absolute Gasteiger partial charge is 0.359 e. The van der Waals surface area contributed by atoms with Crippen LogP contribution in [0.3, 0.4) is 0 Å². The van der Waals surface area contributed by atoms with Crippen molar-refractivity contribution in [2.75, 3.05) is 0 Å². The molecule has 6 nitrogen and oxygen atoms in total. The second-order valence-electron chi connectivity index (χ2n) is 6.46. The highest BCUT2D eigenvalue weighted by Gasteiger charge is 2.48. The Balaban J connectivity index is 2.77. The zero-order valence-corrected chi connectivity index (χ0v) is 14.0. The molecule has 1 fully saturated rings. The summed E-state index contributed by atoms with van der Waals surface area (Å²) in [5.74, 6) is 0. The number of alkyl halides is 1. The van der Waals surface area contributed by atoms with Gasteiger partial charge in [-0.1, -0.05) is 6.92 Å². The maximum Gasteiger partial charge on any atom is 0.359 e. The van der Waals surface area contributed by atoms with E-state index in [0.29, 0.717) is 0 Å². The SMILES string of the molecule is B[C@@H]1O[C@H](CC(C)(C)OP(=O)(O)[C@@](C)(O)CC)[C@@H](O)[C@H]1F. The number of aliphatic hydroxyl groups excluding tert-OH is 1. The Hall–Kier alpha value is 0.0249. The fourth-order valence-corrected chi connectivity index (χ4v) is 3.58. The van der Waals surface area contributed by atoms with Crippen LogP contribution in [-0.2, 0) is 13.8 Å². The average Bonchev–Trinajstić information content (AvgIpc) is 2.54. The van der Waals surface area contributed by atoms with E-state index in [1.165, 1.54) is 28.6 Å². The molecule has 0 amide bonds. The normalized spacial score (nSPS) is 36.2. The summed E-state index contributed by atoms with van der Waals surface area (Å²) >= 11 is 0. The quantitative estimate of drug-likeness (QED) is 0.487. The number of halogens is 1. The molecule has 0 bridgehead atoms. The lowest BCUT2D eigenvalue weighted by Crippen LogP contribution is -2.38. The third-order valence-corrected chi connectivity index (χ3v) is 6.16. The molecule has 6 atom stereocenters. The molecule has 0 aliphatic carbocycles. The predicted octanol–water partition coefficient (Wildman–Crippen LogP) is 0.533. The molecule has 1 rings (SSSR count). The van der Waals surface area contributed by atoms with Gasteiger partial charge in [-0.3, -0.25) is 4.57 Å². The summed E-state index contributed by atoms with van der Waals surface area (Å²) in [6.07, 6.45) is -3.54. The number of hydrogen-bond acceptors (Lipinski definition) is 5. The molecule has 3 N–H and O–H groups in total. The number of aliphatic hydroxyl groups is 2. The fourth-order valence-electron chi connectivity index (χ4n) is 2.24. The van der Waals surface area contributed by atoms with Crippen LogP contribution in [-0.4, -0.2) is 58.3 Å². The summed E-state index contributed by atoms with van der Waals surface area (Å²) in [6, 6.07) is -0.736. The summed E-state index contributed by atoms with van der Waals surface area (Å²) in [5.41, 5.74) is -1.17. The van der Waals surface area contributed by atoms with Crippen LogP contribution in [0.1, 0.15) is 40.5 Å². The molecule has 0 radical (unpaired) electrons. The molecule has 21 heavy (non-hydrogen) atoms. The Morgan fingerprint density at radius 1 is 1.43 bits per heavy atom. The molecule has 124 valence electrons. The van der Waals surface area contributed by atoms with Gasteiger partial charge >= 0.3 is 7.60 Å². The lowest BCUT2D eigenvalue weighted by atomic mass is 9.92. The molecular formula is C12H25BFO6P. The lowest BCUT2D eigenvalue weighted by Gasteiger charge is -2.35. The van der Waals surface area contributed by atoms with Gasteiger partial charge in [0.05, 0.1) is 17.7 Å². The topological polar surface area (TPSA) is 96.2 Å². The standard InChI is InChI=1S/C12H25BFO6P/c1-5-12(4,16)21(17,18)20-11(2,3)6-7-9(15)8(14)10(13)19-7/h7-10,15-16H,5-6,13H2,1-4H3,(H,17,18)/t7-,8-,9-,10-,12-/m1/s1. The Morgan fingerprint density at radius 2 is 1.95 bits per heavy atom. The van der Waals surface area contributed by atoms with Crippen molar-refractivity contribution in [1.82, 2.24) is 0 Å². The third-order valence-electron chi connectivity index (χ3n) is 3.89. The van der Waals surface area contributed by atoms with E-state index in [0.717, 1.165) is 0 Å². The summed E-state index contributed by atoms with van der Waals surface area (Å²) in [4.78, 5) is 9.93. The predicted molar refractivity (Wildman–Crippen MR) is 78.6 cm³/mol. The minimum atomic E-state index is -4.30. The van der Waals surface area contributed by atoms with E-state index in [4.69, 9.17) is 9.26 Å². The zero-order chi connectivity index (χ0) is 16.6. The van der Waals surface area contributed by atoms with Gasteiger partial charge in [0.25, 0.3) is 0 Å². The molecule has 1 aliphatic heterocycles. The van der Waals surface area contributed by atoms with Gasteiger partial charge in [0, 0.05) is 6.42 Å². The van der Waals surface area contributed by atoms with Crippen LogP contribution in [0, 0.1) is 0 Å². The van der Waals surface area contributed by atoms with Crippen LogP contribution >= 0.6 is 7.60 Å². The first-order chi connectivity index (χ1) is 9.33. The van der Waals surface area contributed by atoms with E-state index < -0.39 is 42.9 Å². The van der Waals surface area contributed by atoms with Crippen molar-refractivity contribution in [2.24, 2.45) is 0 Å². The molecule has 1 saturated heterocycles. The molecule has 1 aliphatic rings. The van der Waals surface area contributed by atoms with Crippen LogP contribution in [0.4, 0.5) is 4.39 Å². The molecule has 1 heterocycles. The monoisotopic (exact) mass is 326 g/mol. The van der Waals surface area contributed by atoms with Crippen molar-refractivity contribution in [3.8, 4) is 0 Å². The fraction of sp³-hybridized carbons (Fsp3) is 1.00. The van der Waals surface area contributed by atoms with Gasteiger partial charge in [-0.15, -0.1) is 0 Å². The van der Waals surface area contributed by atoms with Gasteiger partial charge in [0.15, 0.2) is 5.34 Å². The third kappa shape index (κ3) is 4.27. The minimum Gasteiger partial charge on any atom is -0.387 e. The Kier molecular flexibility index (Phi) is 5.69.